The fraction of sp³-hybridized carbons (Fsp3) is 0.391. The Bertz CT molecular complexity index is 981. The highest BCUT2D eigenvalue weighted by atomic mass is 35.5. The van der Waals surface area contributed by atoms with Crippen molar-refractivity contribution in [3.8, 4) is 0 Å². The fourth-order valence-electron chi connectivity index (χ4n) is 3.23. The zero-order valence-corrected chi connectivity index (χ0v) is 19.5. The van der Waals surface area contributed by atoms with Crippen LogP contribution >= 0.6 is 23.7 Å². The van der Waals surface area contributed by atoms with Gasteiger partial charge in [-0.3, -0.25) is 9.69 Å². The third-order valence-corrected chi connectivity index (χ3v) is 6.34. The number of thiazole rings is 1. The van der Waals surface area contributed by atoms with E-state index in [0.29, 0.717) is 6.54 Å². The molecule has 0 fully saturated rings. The van der Waals surface area contributed by atoms with Crippen molar-refractivity contribution >= 4 is 45.0 Å². The number of hydrogen-bond donors (Lipinski definition) is 0. The summed E-state index contributed by atoms with van der Waals surface area (Å²) in [5, 5.41) is 0.774. The second kappa shape index (κ2) is 10.2. The maximum Gasteiger partial charge on any atom is 0.260 e. The van der Waals surface area contributed by atoms with Crippen LogP contribution in [0.15, 0.2) is 36.4 Å². The first-order chi connectivity index (χ1) is 13.4. The Morgan fingerprint density at radius 1 is 0.966 bits per heavy atom. The van der Waals surface area contributed by atoms with E-state index in [4.69, 9.17) is 4.98 Å². The number of anilines is 1. The highest BCUT2D eigenvalue weighted by Crippen LogP contribution is 2.30. The molecular formula is C23H30ClN3OS. The number of aryl methyl sites for hydroxylation is 3. The third kappa shape index (κ3) is 5.35. The van der Waals surface area contributed by atoms with Gasteiger partial charge >= 0.3 is 0 Å². The maximum absolute atomic E-state index is 13.4. The average molecular weight is 432 g/mol. The van der Waals surface area contributed by atoms with Crippen molar-refractivity contribution in [3.63, 3.8) is 0 Å². The first-order valence-corrected chi connectivity index (χ1v) is 10.7. The van der Waals surface area contributed by atoms with E-state index in [1.165, 1.54) is 11.1 Å². The van der Waals surface area contributed by atoms with E-state index in [0.717, 1.165) is 46.1 Å². The Balaban J connectivity index is 0.00000300. The van der Waals surface area contributed by atoms with Gasteiger partial charge in [-0.15, -0.1) is 12.4 Å². The number of carbonyl (C=O) groups is 1. The Morgan fingerprint density at radius 2 is 1.69 bits per heavy atom. The summed E-state index contributed by atoms with van der Waals surface area (Å²) in [7, 11) is 0. The summed E-state index contributed by atoms with van der Waals surface area (Å²) < 4.78 is 1.12. The first-order valence-electron chi connectivity index (χ1n) is 9.91. The molecule has 0 N–H and O–H groups in total. The van der Waals surface area contributed by atoms with Gasteiger partial charge in [0.1, 0.15) is 0 Å². The molecule has 4 nitrogen and oxygen atoms in total. The summed E-state index contributed by atoms with van der Waals surface area (Å²) in [5.74, 6) is 0.0195. The number of nitrogens with zero attached hydrogens (tertiary/aromatic N) is 3. The molecule has 29 heavy (non-hydrogen) atoms. The molecule has 0 unspecified atom stereocenters. The van der Waals surface area contributed by atoms with Gasteiger partial charge in [-0.05, 0) is 74.8 Å². The Morgan fingerprint density at radius 3 is 2.34 bits per heavy atom. The van der Waals surface area contributed by atoms with Crippen LogP contribution in [-0.4, -0.2) is 42.0 Å². The molecule has 3 aromatic rings. The molecule has 0 aliphatic rings. The minimum Gasteiger partial charge on any atom is -0.302 e. The van der Waals surface area contributed by atoms with E-state index >= 15 is 0 Å². The molecule has 0 bridgehead atoms. The monoisotopic (exact) mass is 431 g/mol. The van der Waals surface area contributed by atoms with Gasteiger partial charge in [-0.1, -0.05) is 37.3 Å². The molecule has 0 aliphatic heterocycles. The van der Waals surface area contributed by atoms with Gasteiger partial charge in [0.25, 0.3) is 5.91 Å². The minimum atomic E-state index is 0. The van der Waals surface area contributed by atoms with Gasteiger partial charge in [-0.25, -0.2) is 4.98 Å². The molecule has 6 heteroatoms. The summed E-state index contributed by atoms with van der Waals surface area (Å²) in [6.07, 6.45) is 0. The van der Waals surface area contributed by atoms with E-state index in [9.17, 15) is 4.79 Å². The van der Waals surface area contributed by atoms with Gasteiger partial charge in [0.05, 0.1) is 10.2 Å². The van der Waals surface area contributed by atoms with Crippen LogP contribution in [0.2, 0.25) is 0 Å². The second-order valence-electron chi connectivity index (χ2n) is 7.25. The van der Waals surface area contributed by atoms with E-state index < -0.39 is 0 Å². The lowest BCUT2D eigenvalue weighted by Crippen LogP contribution is -2.38. The van der Waals surface area contributed by atoms with Gasteiger partial charge in [-0.2, -0.15) is 0 Å². The Hall–Kier alpha value is -1.95. The Kier molecular flexibility index (Phi) is 8.20. The SMILES string of the molecule is CCN(CC)CCN(C(=O)c1ccc(C)c(C)c1)c1nc2ccc(C)cc2s1.Cl. The number of likely N-dealkylation sites (N-methyl/N-ethyl adjacent to an activating group) is 1. The average Bonchev–Trinajstić information content (AvgIpc) is 3.09. The molecule has 2 aromatic carbocycles. The summed E-state index contributed by atoms with van der Waals surface area (Å²) >= 11 is 1.59. The van der Waals surface area contributed by atoms with Crippen LogP contribution < -0.4 is 4.90 Å². The van der Waals surface area contributed by atoms with E-state index in [1.54, 1.807) is 11.3 Å². The highest BCUT2D eigenvalue weighted by Gasteiger charge is 2.22. The predicted molar refractivity (Wildman–Crippen MR) is 127 cm³/mol. The van der Waals surface area contributed by atoms with Crippen LogP contribution in [0.3, 0.4) is 0 Å². The lowest BCUT2D eigenvalue weighted by molar-refractivity contribution is 0.0983. The molecule has 1 heterocycles. The summed E-state index contributed by atoms with van der Waals surface area (Å²) in [6.45, 7) is 13.9. The number of carbonyl (C=O) groups excluding carboxylic acids is 1. The van der Waals surface area contributed by atoms with E-state index in [-0.39, 0.29) is 18.3 Å². The smallest absolute Gasteiger partial charge is 0.260 e. The summed E-state index contributed by atoms with van der Waals surface area (Å²) in [4.78, 5) is 22.4. The van der Waals surface area contributed by atoms with Crippen LogP contribution in [0.25, 0.3) is 10.2 Å². The molecule has 0 saturated heterocycles. The molecular weight excluding hydrogens is 402 g/mol. The molecule has 3 rings (SSSR count). The van der Waals surface area contributed by atoms with Crippen molar-refractivity contribution in [1.29, 1.82) is 0 Å². The number of rotatable bonds is 7. The van der Waals surface area contributed by atoms with Crippen molar-refractivity contribution in [3.05, 3.63) is 58.7 Å². The topological polar surface area (TPSA) is 36.4 Å². The van der Waals surface area contributed by atoms with E-state index in [2.05, 4.69) is 44.7 Å². The van der Waals surface area contributed by atoms with Crippen LogP contribution in [0.4, 0.5) is 5.13 Å². The largest absolute Gasteiger partial charge is 0.302 e. The molecule has 0 spiro atoms. The van der Waals surface area contributed by atoms with Gasteiger partial charge in [0.2, 0.25) is 0 Å². The third-order valence-electron chi connectivity index (χ3n) is 5.30. The van der Waals surface area contributed by atoms with E-state index in [1.807, 2.05) is 36.1 Å². The van der Waals surface area contributed by atoms with Crippen molar-refractivity contribution in [2.75, 3.05) is 31.1 Å². The zero-order valence-electron chi connectivity index (χ0n) is 17.9. The fourth-order valence-corrected chi connectivity index (χ4v) is 4.32. The van der Waals surface area contributed by atoms with Crippen LogP contribution in [0, 0.1) is 20.8 Å². The quantitative estimate of drug-likeness (QED) is 0.486. The molecule has 156 valence electrons. The summed E-state index contributed by atoms with van der Waals surface area (Å²) in [5.41, 5.74) is 5.21. The number of halogens is 1. The van der Waals surface area contributed by atoms with Crippen molar-refractivity contribution < 1.29 is 4.79 Å². The zero-order chi connectivity index (χ0) is 20.3. The molecule has 0 saturated carbocycles. The standard InChI is InChI=1S/C23H29N3OS.ClH/c1-6-25(7-2)12-13-26(22(27)19-10-9-17(4)18(5)15-19)23-24-20-11-8-16(3)14-21(20)28-23;/h8-11,14-15H,6-7,12-13H2,1-5H3;1H. The normalized spacial score (nSPS) is 11.0. The van der Waals surface area contributed by atoms with Gasteiger partial charge < -0.3 is 4.90 Å². The number of amides is 1. The maximum atomic E-state index is 13.4. The molecule has 0 radical (unpaired) electrons. The molecule has 0 aliphatic carbocycles. The number of aromatic nitrogens is 1. The summed E-state index contributed by atoms with van der Waals surface area (Å²) in [6, 6.07) is 12.2. The van der Waals surface area contributed by atoms with Crippen LogP contribution in [-0.2, 0) is 0 Å². The lowest BCUT2D eigenvalue weighted by Gasteiger charge is -2.25. The predicted octanol–water partition coefficient (Wildman–Crippen LogP) is 5.63. The molecule has 1 aromatic heterocycles. The Labute approximate surface area is 184 Å². The molecule has 0 atom stereocenters. The number of hydrogen-bond acceptors (Lipinski definition) is 4. The highest BCUT2D eigenvalue weighted by molar-refractivity contribution is 7.22. The van der Waals surface area contributed by atoms with Gasteiger partial charge in [0.15, 0.2) is 5.13 Å². The number of fused-ring (bicyclic) bond motifs is 1. The second-order valence-corrected chi connectivity index (χ2v) is 8.26. The van der Waals surface area contributed by atoms with Gasteiger partial charge in [0, 0.05) is 18.7 Å². The number of benzene rings is 2. The van der Waals surface area contributed by atoms with Crippen molar-refractivity contribution in [2.45, 2.75) is 34.6 Å². The van der Waals surface area contributed by atoms with Crippen LogP contribution in [0.1, 0.15) is 40.9 Å². The van der Waals surface area contributed by atoms with Crippen LogP contribution in [0.5, 0.6) is 0 Å². The minimum absolute atomic E-state index is 0. The van der Waals surface area contributed by atoms with Crippen molar-refractivity contribution in [2.24, 2.45) is 0 Å². The lowest BCUT2D eigenvalue weighted by atomic mass is 10.1. The molecule has 1 amide bonds. The first kappa shape index (κ1) is 23.3. The van der Waals surface area contributed by atoms with Crippen molar-refractivity contribution in [1.82, 2.24) is 9.88 Å².